The van der Waals surface area contributed by atoms with E-state index in [2.05, 4.69) is 15.2 Å². The molecule has 1 N–H and O–H groups in total. The smallest absolute Gasteiger partial charge is 0.271 e. The van der Waals surface area contributed by atoms with Crippen LogP contribution < -0.4 is 5.56 Å². The fourth-order valence-electron chi connectivity index (χ4n) is 2.96. The monoisotopic (exact) mass is 319 g/mol. The van der Waals surface area contributed by atoms with Crippen LogP contribution in [0.15, 0.2) is 9.79 Å². The van der Waals surface area contributed by atoms with E-state index in [1.165, 1.54) is 0 Å². The Morgan fingerprint density at radius 2 is 1.91 bits per heavy atom. The number of H-pyrrole nitrogens is 1. The number of rotatable bonds is 2. The van der Waals surface area contributed by atoms with Crippen LogP contribution in [0.25, 0.3) is 0 Å². The molecular formula is C15H21N5OS. The molecule has 0 unspecified atom stereocenters. The number of aliphatic imine (C=N–C) groups is 1. The molecule has 2 aromatic rings. The van der Waals surface area contributed by atoms with Crippen LogP contribution in [0.4, 0.5) is 5.82 Å². The van der Waals surface area contributed by atoms with E-state index in [-0.39, 0.29) is 16.9 Å². The molecule has 2 aromatic heterocycles. The highest BCUT2D eigenvalue weighted by Crippen LogP contribution is 2.45. The Bertz CT molecular complexity index is 824. The predicted octanol–water partition coefficient (Wildman–Crippen LogP) is 2.99. The average Bonchev–Trinajstić information content (AvgIpc) is 2.87. The van der Waals surface area contributed by atoms with Crippen LogP contribution in [0.3, 0.4) is 0 Å². The minimum atomic E-state index is -0.0555. The van der Waals surface area contributed by atoms with Crippen molar-refractivity contribution in [1.29, 1.82) is 0 Å². The number of aryl methyl sites for hydroxylation is 2. The highest BCUT2D eigenvalue weighted by Gasteiger charge is 2.33. The summed E-state index contributed by atoms with van der Waals surface area (Å²) in [5.74, 6) is 0.754. The number of hydrogen-bond donors (Lipinski definition) is 1. The van der Waals surface area contributed by atoms with Gasteiger partial charge in [0.15, 0.2) is 5.82 Å². The number of thioether (sulfide) groups is 1. The summed E-state index contributed by atoms with van der Waals surface area (Å²) in [4.78, 5) is 17.1. The van der Waals surface area contributed by atoms with Crippen LogP contribution in [0, 0.1) is 13.8 Å². The lowest BCUT2D eigenvalue weighted by Crippen LogP contribution is -2.14. The molecule has 0 saturated carbocycles. The van der Waals surface area contributed by atoms with Gasteiger partial charge in [0.25, 0.3) is 5.56 Å². The zero-order valence-electron chi connectivity index (χ0n) is 13.8. The molecule has 22 heavy (non-hydrogen) atoms. The van der Waals surface area contributed by atoms with Crippen LogP contribution in [0.5, 0.6) is 0 Å². The summed E-state index contributed by atoms with van der Waals surface area (Å²) in [7, 11) is 1.94. The number of aromatic amines is 1. The number of nitrogens with one attached hydrogen (secondary N) is 1. The Balaban J connectivity index is 2.26. The molecule has 0 fully saturated rings. The molecule has 7 heteroatoms. The Morgan fingerprint density at radius 1 is 1.23 bits per heavy atom. The van der Waals surface area contributed by atoms with E-state index in [0.717, 1.165) is 33.4 Å². The van der Waals surface area contributed by atoms with Crippen LogP contribution in [0.1, 0.15) is 54.6 Å². The summed E-state index contributed by atoms with van der Waals surface area (Å²) in [5.41, 5.74) is 3.86. The van der Waals surface area contributed by atoms with E-state index in [9.17, 15) is 4.79 Å². The minimum Gasteiger partial charge on any atom is -0.272 e. The third-order valence-electron chi connectivity index (χ3n) is 4.09. The van der Waals surface area contributed by atoms with Gasteiger partial charge in [-0.2, -0.15) is 5.10 Å². The Kier molecular flexibility index (Phi) is 3.55. The molecule has 0 aromatic carbocycles. The molecule has 0 spiro atoms. The van der Waals surface area contributed by atoms with E-state index >= 15 is 0 Å². The number of fused-ring (bicyclic) bond motifs is 1. The third-order valence-corrected chi connectivity index (χ3v) is 5.23. The van der Waals surface area contributed by atoms with Crippen molar-refractivity contribution >= 4 is 22.6 Å². The van der Waals surface area contributed by atoms with Gasteiger partial charge < -0.3 is 0 Å². The zero-order chi connectivity index (χ0) is 16.2. The van der Waals surface area contributed by atoms with Crippen LogP contribution in [-0.4, -0.2) is 24.6 Å². The van der Waals surface area contributed by atoms with Crippen LogP contribution in [-0.2, 0) is 7.05 Å². The number of aromatic nitrogens is 4. The molecule has 0 amide bonds. The lowest BCUT2D eigenvalue weighted by Gasteiger charge is -2.21. The Labute approximate surface area is 133 Å². The van der Waals surface area contributed by atoms with Crippen molar-refractivity contribution in [3.8, 4) is 0 Å². The van der Waals surface area contributed by atoms with Gasteiger partial charge >= 0.3 is 0 Å². The van der Waals surface area contributed by atoms with Gasteiger partial charge in [0, 0.05) is 24.3 Å². The molecule has 1 atom stereocenters. The summed E-state index contributed by atoms with van der Waals surface area (Å²) >= 11 is 1.63. The lowest BCUT2D eigenvalue weighted by atomic mass is 10.0. The van der Waals surface area contributed by atoms with Crippen molar-refractivity contribution in [2.75, 3.05) is 0 Å². The Hall–Kier alpha value is -1.76. The zero-order valence-corrected chi connectivity index (χ0v) is 14.6. The maximum Gasteiger partial charge on any atom is 0.271 e. The second-order valence-corrected chi connectivity index (χ2v) is 7.28. The normalized spacial score (nSPS) is 17.8. The standard InChI is InChI=1S/C15H21N5OS/c1-7(2)20-14-12(15(21)18-20)13(22-10(5)16-14)11-8(3)17-19(6)9(11)4/h7,13H,1-6H3,(H,18,21)/t13-/m0/s1. The Morgan fingerprint density at radius 3 is 2.45 bits per heavy atom. The number of hydrogen-bond acceptors (Lipinski definition) is 4. The largest absolute Gasteiger partial charge is 0.272 e. The third kappa shape index (κ3) is 2.15. The summed E-state index contributed by atoms with van der Waals surface area (Å²) in [6.45, 7) is 10.1. The topological polar surface area (TPSA) is 68.0 Å². The summed E-state index contributed by atoms with van der Waals surface area (Å²) in [6.07, 6.45) is 0. The van der Waals surface area contributed by atoms with E-state index in [0.29, 0.717) is 0 Å². The molecule has 3 heterocycles. The molecule has 6 nitrogen and oxygen atoms in total. The molecule has 0 aliphatic carbocycles. The van der Waals surface area contributed by atoms with Gasteiger partial charge in [-0.3, -0.25) is 19.3 Å². The van der Waals surface area contributed by atoms with Crippen molar-refractivity contribution < 1.29 is 0 Å². The maximum atomic E-state index is 12.5. The molecule has 0 radical (unpaired) electrons. The molecule has 0 bridgehead atoms. The second-order valence-electron chi connectivity index (χ2n) is 5.98. The van der Waals surface area contributed by atoms with Crippen molar-refractivity contribution in [3.05, 3.63) is 32.9 Å². The average molecular weight is 319 g/mol. The second kappa shape index (κ2) is 5.15. The molecule has 1 aliphatic rings. The van der Waals surface area contributed by atoms with E-state index in [1.807, 2.05) is 51.0 Å². The van der Waals surface area contributed by atoms with Gasteiger partial charge in [-0.25, -0.2) is 4.99 Å². The van der Waals surface area contributed by atoms with Crippen LogP contribution in [0.2, 0.25) is 0 Å². The first-order valence-electron chi connectivity index (χ1n) is 7.37. The quantitative estimate of drug-likeness (QED) is 0.925. The summed E-state index contributed by atoms with van der Waals surface area (Å²) in [6, 6.07) is 0.160. The van der Waals surface area contributed by atoms with Gasteiger partial charge in [0.05, 0.1) is 21.6 Å². The lowest BCUT2D eigenvalue weighted by molar-refractivity contribution is 0.533. The fourth-order valence-corrected chi connectivity index (χ4v) is 4.23. The summed E-state index contributed by atoms with van der Waals surface area (Å²) in [5, 5.41) is 8.35. The van der Waals surface area contributed by atoms with Gasteiger partial charge in [-0.1, -0.05) is 11.8 Å². The molecule has 3 rings (SSSR count). The number of nitrogens with zero attached hydrogens (tertiary/aromatic N) is 4. The maximum absolute atomic E-state index is 12.5. The van der Waals surface area contributed by atoms with Gasteiger partial charge in [-0.05, 0) is 34.6 Å². The van der Waals surface area contributed by atoms with Crippen molar-refractivity contribution in [2.45, 2.75) is 45.9 Å². The molecule has 118 valence electrons. The molecule has 1 aliphatic heterocycles. The van der Waals surface area contributed by atoms with E-state index in [1.54, 1.807) is 11.8 Å². The molecular weight excluding hydrogens is 298 g/mol. The highest BCUT2D eigenvalue weighted by molar-refractivity contribution is 8.14. The highest BCUT2D eigenvalue weighted by atomic mass is 32.2. The first-order valence-corrected chi connectivity index (χ1v) is 8.25. The first-order chi connectivity index (χ1) is 10.3. The van der Waals surface area contributed by atoms with Crippen molar-refractivity contribution in [3.63, 3.8) is 0 Å². The van der Waals surface area contributed by atoms with Crippen LogP contribution >= 0.6 is 11.8 Å². The fraction of sp³-hybridized carbons (Fsp3) is 0.533. The predicted molar refractivity (Wildman–Crippen MR) is 90.3 cm³/mol. The summed E-state index contributed by atoms with van der Waals surface area (Å²) < 4.78 is 3.73. The van der Waals surface area contributed by atoms with E-state index in [4.69, 9.17) is 0 Å². The van der Waals surface area contributed by atoms with Crippen molar-refractivity contribution in [1.82, 2.24) is 19.6 Å². The van der Waals surface area contributed by atoms with Crippen molar-refractivity contribution in [2.24, 2.45) is 12.0 Å². The van der Waals surface area contributed by atoms with E-state index < -0.39 is 0 Å². The minimum absolute atomic E-state index is 0.0510. The first kappa shape index (κ1) is 15.1. The van der Waals surface area contributed by atoms with Gasteiger partial charge in [0.1, 0.15) is 0 Å². The van der Waals surface area contributed by atoms with Gasteiger partial charge in [0.2, 0.25) is 0 Å². The van der Waals surface area contributed by atoms with Gasteiger partial charge in [-0.15, -0.1) is 0 Å². The molecule has 0 saturated heterocycles. The SMILES string of the molecule is CC1=Nc2c(c(=O)[nH]n2C(C)C)[C@H](c2c(C)nn(C)c2C)S1.